The number of benzene rings is 1. The number of hydrogen-bond acceptors (Lipinski definition) is 3. The van der Waals surface area contributed by atoms with Crippen LogP contribution in [0.3, 0.4) is 0 Å². The largest absolute Gasteiger partial charge is 0.497 e. The zero-order chi connectivity index (χ0) is 14.9. The van der Waals surface area contributed by atoms with Crippen molar-refractivity contribution in [2.75, 3.05) is 7.11 Å². The highest BCUT2D eigenvalue weighted by Crippen LogP contribution is 2.24. The summed E-state index contributed by atoms with van der Waals surface area (Å²) in [5.74, 6) is 0.584. The molecule has 2 rings (SSSR count). The first-order valence-corrected chi connectivity index (χ1v) is 6.66. The van der Waals surface area contributed by atoms with E-state index in [4.69, 9.17) is 9.47 Å². The summed E-state index contributed by atoms with van der Waals surface area (Å²) in [5, 5.41) is 1.06. The lowest BCUT2D eigenvalue weighted by Gasteiger charge is -2.20. The number of fused-ring (bicyclic) bond motifs is 1. The van der Waals surface area contributed by atoms with Crippen molar-refractivity contribution in [1.82, 2.24) is 4.57 Å². The predicted octanol–water partition coefficient (Wildman–Crippen LogP) is 3.30. The van der Waals surface area contributed by atoms with Gasteiger partial charge < -0.3 is 14.0 Å². The molecule has 0 amide bonds. The van der Waals surface area contributed by atoms with Crippen LogP contribution in [0.5, 0.6) is 5.75 Å². The highest BCUT2D eigenvalue weighted by molar-refractivity contribution is 5.84. The third kappa shape index (κ3) is 3.13. The Morgan fingerprint density at radius 1 is 1.25 bits per heavy atom. The Morgan fingerprint density at radius 3 is 2.55 bits per heavy atom. The molecule has 0 N–H and O–H groups in total. The van der Waals surface area contributed by atoms with Crippen molar-refractivity contribution < 1.29 is 14.3 Å². The van der Waals surface area contributed by atoms with Crippen LogP contribution in [0.4, 0.5) is 0 Å². The van der Waals surface area contributed by atoms with E-state index in [1.165, 1.54) is 0 Å². The van der Waals surface area contributed by atoms with E-state index in [1.807, 2.05) is 56.5 Å². The number of nitrogens with zero attached hydrogens (tertiary/aromatic N) is 1. The minimum absolute atomic E-state index is 0.221. The molecule has 0 atom stereocenters. The van der Waals surface area contributed by atoms with Crippen molar-refractivity contribution in [3.63, 3.8) is 0 Å². The highest BCUT2D eigenvalue weighted by Gasteiger charge is 2.18. The Bertz CT molecular complexity index is 635. The molecule has 0 unspecified atom stereocenters. The topological polar surface area (TPSA) is 40.5 Å². The number of hydrogen-bond donors (Lipinski definition) is 0. The average molecular weight is 275 g/mol. The molecule has 0 spiro atoms. The van der Waals surface area contributed by atoms with Crippen LogP contribution in [0.15, 0.2) is 24.3 Å². The molecule has 20 heavy (non-hydrogen) atoms. The number of carbonyl (C=O) groups is 1. The van der Waals surface area contributed by atoms with E-state index >= 15 is 0 Å². The van der Waals surface area contributed by atoms with Gasteiger partial charge in [0.15, 0.2) is 0 Å². The molecule has 0 aliphatic rings. The number of methoxy groups -OCH3 is 1. The van der Waals surface area contributed by atoms with Gasteiger partial charge in [-0.05, 0) is 52.0 Å². The summed E-state index contributed by atoms with van der Waals surface area (Å²) >= 11 is 0. The number of aromatic nitrogens is 1. The van der Waals surface area contributed by atoms with Gasteiger partial charge in [-0.1, -0.05) is 0 Å². The van der Waals surface area contributed by atoms with E-state index in [0.29, 0.717) is 0 Å². The van der Waals surface area contributed by atoms with Gasteiger partial charge >= 0.3 is 5.97 Å². The second-order valence-corrected chi connectivity index (χ2v) is 5.88. The van der Waals surface area contributed by atoms with Gasteiger partial charge in [0.05, 0.1) is 7.11 Å². The molecule has 0 fully saturated rings. The zero-order valence-corrected chi connectivity index (χ0v) is 12.7. The van der Waals surface area contributed by atoms with E-state index in [2.05, 4.69) is 0 Å². The molecule has 108 valence electrons. The van der Waals surface area contributed by atoms with Gasteiger partial charge in [-0.25, -0.2) is 0 Å². The van der Waals surface area contributed by atoms with Crippen LogP contribution in [-0.4, -0.2) is 23.2 Å². The van der Waals surface area contributed by atoms with Gasteiger partial charge in [-0.15, -0.1) is 0 Å². The first-order valence-electron chi connectivity index (χ1n) is 6.66. The molecule has 1 heterocycles. The van der Waals surface area contributed by atoms with Crippen molar-refractivity contribution in [2.24, 2.45) is 0 Å². The molecule has 2 aromatic rings. The second-order valence-electron chi connectivity index (χ2n) is 5.88. The molecule has 0 bridgehead atoms. The van der Waals surface area contributed by atoms with Crippen molar-refractivity contribution in [2.45, 2.75) is 39.8 Å². The zero-order valence-electron chi connectivity index (χ0n) is 12.7. The number of esters is 1. The van der Waals surface area contributed by atoms with E-state index in [1.54, 1.807) is 7.11 Å². The Morgan fingerprint density at radius 2 is 1.95 bits per heavy atom. The minimum atomic E-state index is -0.461. The first-order chi connectivity index (χ1) is 9.30. The molecule has 0 saturated carbocycles. The fourth-order valence-corrected chi connectivity index (χ4v) is 2.23. The van der Waals surface area contributed by atoms with E-state index in [-0.39, 0.29) is 12.5 Å². The van der Waals surface area contributed by atoms with Crippen molar-refractivity contribution in [3.05, 3.63) is 30.0 Å². The Kier molecular flexibility index (Phi) is 3.75. The van der Waals surface area contributed by atoms with Crippen LogP contribution in [0.25, 0.3) is 10.9 Å². The van der Waals surface area contributed by atoms with Crippen molar-refractivity contribution >= 4 is 16.9 Å². The maximum atomic E-state index is 12.0. The van der Waals surface area contributed by atoms with Gasteiger partial charge in [0.25, 0.3) is 0 Å². The summed E-state index contributed by atoms with van der Waals surface area (Å²) in [6.07, 6.45) is 0. The molecular formula is C16H21NO3. The Labute approximate surface area is 119 Å². The molecule has 1 aromatic heterocycles. The summed E-state index contributed by atoms with van der Waals surface area (Å²) < 4.78 is 12.6. The number of carbonyl (C=O) groups excluding carboxylic acids is 1. The maximum Gasteiger partial charge on any atom is 0.326 e. The number of rotatable bonds is 3. The smallest absolute Gasteiger partial charge is 0.326 e. The lowest BCUT2D eigenvalue weighted by molar-refractivity contribution is -0.155. The monoisotopic (exact) mass is 275 g/mol. The van der Waals surface area contributed by atoms with Crippen LogP contribution in [-0.2, 0) is 16.1 Å². The third-order valence-corrected chi connectivity index (χ3v) is 3.02. The van der Waals surface area contributed by atoms with E-state index in [0.717, 1.165) is 22.3 Å². The van der Waals surface area contributed by atoms with E-state index < -0.39 is 5.60 Å². The molecule has 1 aromatic carbocycles. The van der Waals surface area contributed by atoms with Crippen molar-refractivity contribution in [1.29, 1.82) is 0 Å². The fraction of sp³-hybridized carbons (Fsp3) is 0.438. The predicted molar refractivity (Wildman–Crippen MR) is 79.1 cm³/mol. The van der Waals surface area contributed by atoms with Gasteiger partial charge in [0.1, 0.15) is 17.9 Å². The fourth-order valence-electron chi connectivity index (χ4n) is 2.23. The number of aryl methyl sites for hydroxylation is 1. The third-order valence-electron chi connectivity index (χ3n) is 3.02. The summed E-state index contributed by atoms with van der Waals surface area (Å²) in [5.41, 5.74) is 1.57. The standard InChI is InChI=1S/C16H21NO3/c1-11-8-12-9-13(19-5)6-7-14(12)17(11)10-15(18)20-16(2,3)4/h6-9H,10H2,1-5H3. The normalized spacial score (nSPS) is 11.7. The quantitative estimate of drug-likeness (QED) is 0.807. The molecule has 4 heteroatoms. The Balaban J connectivity index is 2.30. The lowest BCUT2D eigenvalue weighted by atomic mass is 10.2. The van der Waals surface area contributed by atoms with Gasteiger partial charge in [0, 0.05) is 16.6 Å². The summed E-state index contributed by atoms with van der Waals surface area (Å²) in [6, 6.07) is 7.87. The highest BCUT2D eigenvalue weighted by atomic mass is 16.6. The molecule has 0 radical (unpaired) electrons. The first kappa shape index (κ1) is 14.4. The van der Waals surface area contributed by atoms with Gasteiger partial charge in [-0.3, -0.25) is 4.79 Å². The second kappa shape index (κ2) is 5.19. The summed E-state index contributed by atoms with van der Waals surface area (Å²) in [7, 11) is 1.64. The molecule has 0 saturated heterocycles. The SMILES string of the molecule is COc1ccc2c(c1)cc(C)n2CC(=O)OC(C)(C)C. The minimum Gasteiger partial charge on any atom is -0.497 e. The average Bonchev–Trinajstić information content (AvgIpc) is 2.62. The van der Waals surface area contributed by atoms with Gasteiger partial charge in [0.2, 0.25) is 0 Å². The number of ether oxygens (including phenoxy) is 2. The summed E-state index contributed by atoms with van der Waals surface area (Å²) in [4.78, 5) is 12.0. The van der Waals surface area contributed by atoms with Crippen LogP contribution in [0.2, 0.25) is 0 Å². The molecular weight excluding hydrogens is 254 g/mol. The van der Waals surface area contributed by atoms with Crippen LogP contribution in [0, 0.1) is 6.92 Å². The lowest BCUT2D eigenvalue weighted by Crippen LogP contribution is -2.26. The van der Waals surface area contributed by atoms with E-state index in [9.17, 15) is 4.79 Å². The Hall–Kier alpha value is -1.97. The van der Waals surface area contributed by atoms with Crippen molar-refractivity contribution in [3.8, 4) is 5.75 Å². The molecule has 4 nitrogen and oxygen atoms in total. The molecule has 0 aliphatic carbocycles. The maximum absolute atomic E-state index is 12.0. The molecule has 0 aliphatic heterocycles. The van der Waals surface area contributed by atoms with Crippen LogP contribution in [0.1, 0.15) is 26.5 Å². The van der Waals surface area contributed by atoms with Crippen LogP contribution >= 0.6 is 0 Å². The summed E-state index contributed by atoms with van der Waals surface area (Å²) in [6.45, 7) is 7.82. The van der Waals surface area contributed by atoms with Crippen LogP contribution < -0.4 is 4.74 Å². The van der Waals surface area contributed by atoms with Gasteiger partial charge in [-0.2, -0.15) is 0 Å².